The van der Waals surface area contributed by atoms with Crippen molar-refractivity contribution in [2.24, 2.45) is 0 Å². The van der Waals surface area contributed by atoms with Gasteiger partial charge in [0.15, 0.2) is 5.78 Å². The third-order valence-electron chi connectivity index (χ3n) is 7.42. The molecule has 2 atom stereocenters. The first kappa shape index (κ1) is 23.3. The minimum atomic E-state index is -0.799. The first-order chi connectivity index (χ1) is 17.0. The van der Waals surface area contributed by atoms with E-state index in [0.717, 1.165) is 42.7 Å². The number of ketones is 1. The molecule has 6 heteroatoms. The zero-order valence-corrected chi connectivity index (χ0v) is 20.1. The topological polar surface area (TPSA) is 64.6 Å². The molecular formula is C29H30FNO4. The molecule has 3 aliphatic rings. The molecular weight excluding hydrogens is 445 g/mol. The number of ether oxygens (including phenoxy) is 2. The highest BCUT2D eigenvalue weighted by Crippen LogP contribution is 2.47. The summed E-state index contributed by atoms with van der Waals surface area (Å²) in [6.45, 7) is 1.81. The highest BCUT2D eigenvalue weighted by Gasteiger charge is 2.43. The zero-order valence-electron chi connectivity index (χ0n) is 20.1. The second-order valence-electron chi connectivity index (χ2n) is 9.59. The number of methoxy groups -OCH3 is 1. The van der Waals surface area contributed by atoms with Crippen molar-refractivity contribution in [3.8, 4) is 5.75 Å². The molecule has 1 saturated carbocycles. The normalized spacial score (nSPS) is 22.7. The van der Waals surface area contributed by atoms with E-state index >= 15 is 4.39 Å². The lowest BCUT2D eigenvalue weighted by molar-refractivity contribution is -0.144. The van der Waals surface area contributed by atoms with E-state index in [1.54, 1.807) is 32.2 Å². The predicted octanol–water partition coefficient (Wildman–Crippen LogP) is 5.68. The van der Waals surface area contributed by atoms with E-state index in [1.807, 2.05) is 24.3 Å². The van der Waals surface area contributed by atoms with E-state index in [0.29, 0.717) is 28.8 Å². The smallest absolute Gasteiger partial charge is 0.337 e. The number of esters is 1. The van der Waals surface area contributed by atoms with Crippen molar-refractivity contribution in [2.75, 3.05) is 7.11 Å². The summed E-state index contributed by atoms with van der Waals surface area (Å²) >= 11 is 0. The summed E-state index contributed by atoms with van der Waals surface area (Å²) in [5.74, 6) is -1.14. The number of carbonyl (C=O) groups is 2. The van der Waals surface area contributed by atoms with Crippen LogP contribution in [0.2, 0.25) is 0 Å². The van der Waals surface area contributed by atoms with Crippen molar-refractivity contribution in [3.63, 3.8) is 0 Å². The Morgan fingerprint density at radius 1 is 1.00 bits per heavy atom. The van der Waals surface area contributed by atoms with Gasteiger partial charge in [0, 0.05) is 34.9 Å². The number of Topliss-reactive ketones (excluding diaryl/α,β-unsaturated/α-hetero) is 1. The summed E-state index contributed by atoms with van der Waals surface area (Å²) in [6, 6.07) is 14.1. The Bertz CT molecular complexity index is 1220. The molecule has 2 aromatic rings. The van der Waals surface area contributed by atoms with E-state index in [1.165, 1.54) is 6.07 Å². The quantitative estimate of drug-likeness (QED) is 0.564. The Hall–Kier alpha value is -3.41. The molecule has 0 amide bonds. The van der Waals surface area contributed by atoms with Gasteiger partial charge in [0.1, 0.15) is 17.7 Å². The van der Waals surface area contributed by atoms with Crippen LogP contribution in [-0.4, -0.2) is 25.0 Å². The third kappa shape index (κ3) is 4.38. The maximum Gasteiger partial charge on any atom is 0.337 e. The van der Waals surface area contributed by atoms with E-state index < -0.39 is 17.7 Å². The van der Waals surface area contributed by atoms with Crippen LogP contribution >= 0.6 is 0 Å². The lowest BCUT2D eigenvalue weighted by Gasteiger charge is -2.37. The minimum Gasteiger partial charge on any atom is -0.496 e. The Morgan fingerprint density at radius 3 is 2.40 bits per heavy atom. The number of hydrogen-bond donors (Lipinski definition) is 1. The summed E-state index contributed by atoms with van der Waals surface area (Å²) < 4.78 is 26.5. The summed E-state index contributed by atoms with van der Waals surface area (Å²) in [7, 11) is 1.62. The van der Waals surface area contributed by atoms with Crippen molar-refractivity contribution in [1.29, 1.82) is 0 Å². The molecule has 2 aromatic carbocycles. The average molecular weight is 476 g/mol. The predicted molar refractivity (Wildman–Crippen MR) is 130 cm³/mol. The Morgan fingerprint density at radius 2 is 1.69 bits per heavy atom. The second-order valence-corrected chi connectivity index (χ2v) is 9.59. The fraction of sp³-hybridized carbons (Fsp3) is 0.379. The van der Waals surface area contributed by atoms with E-state index in [-0.39, 0.29) is 24.2 Å². The lowest BCUT2D eigenvalue weighted by atomic mass is 9.71. The van der Waals surface area contributed by atoms with Crippen LogP contribution in [0.5, 0.6) is 5.75 Å². The summed E-state index contributed by atoms with van der Waals surface area (Å²) in [6.07, 6.45) is 4.43. The number of rotatable bonds is 5. The second kappa shape index (κ2) is 9.68. The number of allylic oxidation sites excluding steroid dienone is 3. The summed E-state index contributed by atoms with van der Waals surface area (Å²) in [4.78, 5) is 27.1. The number of benzene rings is 2. The molecule has 1 N–H and O–H groups in total. The van der Waals surface area contributed by atoms with Gasteiger partial charge in [-0.25, -0.2) is 9.18 Å². The van der Waals surface area contributed by atoms with Gasteiger partial charge in [0.2, 0.25) is 0 Å². The maximum atomic E-state index is 15.1. The molecule has 5 nitrogen and oxygen atoms in total. The highest BCUT2D eigenvalue weighted by molar-refractivity contribution is 6.04. The van der Waals surface area contributed by atoms with Crippen LogP contribution in [0.15, 0.2) is 71.1 Å². The van der Waals surface area contributed by atoms with E-state index in [2.05, 4.69) is 5.32 Å². The zero-order chi connectivity index (χ0) is 24.5. The molecule has 182 valence electrons. The summed E-state index contributed by atoms with van der Waals surface area (Å²) in [5, 5.41) is 3.34. The lowest BCUT2D eigenvalue weighted by Crippen LogP contribution is -2.37. The Balaban J connectivity index is 1.56. The molecule has 1 aliphatic heterocycles. The molecule has 5 rings (SSSR count). The number of carbonyl (C=O) groups excluding carboxylic acids is 2. The average Bonchev–Trinajstić information content (AvgIpc) is 3.36. The molecule has 0 unspecified atom stereocenters. The SMILES string of the molecule is COc1ccccc1[C@H]1CC(=O)C2=C(C1)NC(C)=C(C(=O)OC1CCCC1)[C@@H]2c1ccccc1F. The highest BCUT2D eigenvalue weighted by atomic mass is 19.1. The standard InChI is InChI=1S/C29H30FNO4/c1-17-26(29(33)35-19-9-3-4-10-19)27(21-12-5-7-13-22(21)30)28-23(31-17)15-18(16-24(28)32)20-11-6-8-14-25(20)34-2/h5-8,11-14,18-19,27,31H,3-4,9-10,15-16H2,1-2H3/t18-,27+/m1/s1. The fourth-order valence-corrected chi connectivity index (χ4v) is 5.77. The van der Waals surface area contributed by atoms with Crippen LogP contribution in [0.4, 0.5) is 4.39 Å². The van der Waals surface area contributed by atoms with Crippen LogP contribution in [0.25, 0.3) is 0 Å². The number of para-hydroxylation sites is 1. The van der Waals surface area contributed by atoms with Crippen molar-refractivity contribution in [2.45, 2.75) is 63.4 Å². The van der Waals surface area contributed by atoms with Gasteiger partial charge in [-0.3, -0.25) is 4.79 Å². The van der Waals surface area contributed by atoms with E-state index in [4.69, 9.17) is 9.47 Å². The van der Waals surface area contributed by atoms with Crippen LogP contribution in [0, 0.1) is 5.82 Å². The largest absolute Gasteiger partial charge is 0.496 e. The van der Waals surface area contributed by atoms with Gasteiger partial charge in [0.25, 0.3) is 0 Å². The van der Waals surface area contributed by atoms with Gasteiger partial charge in [0.05, 0.1) is 18.6 Å². The van der Waals surface area contributed by atoms with E-state index in [9.17, 15) is 9.59 Å². The molecule has 0 spiro atoms. The van der Waals surface area contributed by atoms with Crippen LogP contribution in [-0.2, 0) is 14.3 Å². The molecule has 35 heavy (non-hydrogen) atoms. The van der Waals surface area contributed by atoms with Gasteiger partial charge in [-0.05, 0) is 56.7 Å². The monoisotopic (exact) mass is 475 g/mol. The molecule has 0 saturated heterocycles. The number of halogens is 1. The van der Waals surface area contributed by atoms with Crippen LogP contribution in [0.3, 0.4) is 0 Å². The molecule has 0 aromatic heterocycles. The number of hydrogen-bond acceptors (Lipinski definition) is 5. The van der Waals surface area contributed by atoms with Crippen LogP contribution < -0.4 is 10.1 Å². The molecule has 0 bridgehead atoms. The Kier molecular flexibility index (Phi) is 6.46. The van der Waals surface area contributed by atoms with Gasteiger partial charge in [-0.15, -0.1) is 0 Å². The Labute approximate surface area is 205 Å². The van der Waals surface area contributed by atoms with Crippen LogP contribution in [0.1, 0.15) is 68.4 Å². The fourth-order valence-electron chi connectivity index (χ4n) is 5.77. The molecule has 0 radical (unpaired) electrons. The van der Waals surface area contributed by atoms with Crippen molar-refractivity contribution in [3.05, 3.63) is 88.0 Å². The number of dihydropyridines is 1. The maximum absolute atomic E-state index is 15.1. The third-order valence-corrected chi connectivity index (χ3v) is 7.42. The van der Waals surface area contributed by atoms with Crippen molar-refractivity contribution >= 4 is 11.8 Å². The molecule has 2 aliphatic carbocycles. The summed E-state index contributed by atoms with van der Waals surface area (Å²) in [5.41, 5.74) is 3.42. The molecule has 1 heterocycles. The van der Waals surface area contributed by atoms with Gasteiger partial charge in [-0.2, -0.15) is 0 Å². The first-order valence-electron chi connectivity index (χ1n) is 12.3. The van der Waals surface area contributed by atoms with Crippen molar-refractivity contribution in [1.82, 2.24) is 5.32 Å². The minimum absolute atomic E-state index is 0.0778. The molecule has 1 fully saturated rings. The van der Waals surface area contributed by atoms with Gasteiger partial charge in [-0.1, -0.05) is 36.4 Å². The van der Waals surface area contributed by atoms with Crippen molar-refractivity contribution < 1.29 is 23.5 Å². The first-order valence-corrected chi connectivity index (χ1v) is 12.3. The van der Waals surface area contributed by atoms with Gasteiger partial charge >= 0.3 is 5.97 Å². The van der Waals surface area contributed by atoms with Gasteiger partial charge < -0.3 is 14.8 Å². The number of nitrogens with one attached hydrogen (secondary N) is 1.